The SMILES string of the molecule is COc1nc2c(C)nnc(N[C@H](C)c3cccc(C(F)F)c3F)c2cc1N1CCC2(COC2)C1. The van der Waals surface area contributed by atoms with Gasteiger partial charge in [-0.3, -0.25) is 0 Å². The third-order valence-corrected chi connectivity index (χ3v) is 6.77. The molecular weight excluding hydrogens is 447 g/mol. The van der Waals surface area contributed by atoms with E-state index in [4.69, 9.17) is 14.5 Å². The third-order valence-electron chi connectivity index (χ3n) is 6.77. The number of ether oxygens (including phenoxy) is 2. The number of hydrogen-bond donors (Lipinski definition) is 1. The van der Waals surface area contributed by atoms with E-state index in [1.165, 1.54) is 12.1 Å². The molecule has 1 spiro atoms. The molecule has 7 nitrogen and oxygen atoms in total. The predicted octanol–water partition coefficient (Wildman–Crippen LogP) is 4.82. The molecule has 5 rings (SSSR count). The number of halogens is 3. The van der Waals surface area contributed by atoms with E-state index in [-0.39, 0.29) is 11.0 Å². The molecule has 0 amide bonds. The van der Waals surface area contributed by atoms with Crippen molar-refractivity contribution in [2.24, 2.45) is 5.41 Å². The fourth-order valence-corrected chi connectivity index (χ4v) is 4.77. The summed E-state index contributed by atoms with van der Waals surface area (Å²) >= 11 is 0. The number of aryl methyl sites for hydroxylation is 1. The number of aromatic nitrogens is 3. The van der Waals surface area contributed by atoms with E-state index in [1.807, 2.05) is 6.07 Å². The summed E-state index contributed by atoms with van der Waals surface area (Å²) in [5.41, 5.74) is 1.74. The van der Waals surface area contributed by atoms with Crippen LogP contribution in [-0.2, 0) is 4.74 Å². The lowest BCUT2D eigenvalue weighted by Crippen LogP contribution is -2.44. The molecule has 1 aromatic carbocycles. The van der Waals surface area contributed by atoms with Gasteiger partial charge in [0.15, 0.2) is 5.82 Å². The number of fused-ring (bicyclic) bond motifs is 1. The van der Waals surface area contributed by atoms with Crippen LogP contribution in [0, 0.1) is 18.2 Å². The van der Waals surface area contributed by atoms with E-state index < -0.39 is 23.8 Å². The molecule has 2 aliphatic heterocycles. The summed E-state index contributed by atoms with van der Waals surface area (Å²) in [4.78, 5) is 6.95. The number of alkyl halides is 2. The Labute approximate surface area is 195 Å². The number of methoxy groups -OCH3 is 1. The second-order valence-corrected chi connectivity index (χ2v) is 9.13. The van der Waals surface area contributed by atoms with Gasteiger partial charge in [0, 0.05) is 29.5 Å². The van der Waals surface area contributed by atoms with Gasteiger partial charge in [0.1, 0.15) is 17.0 Å². The Morgan fingerprint density at radius 3 is 2.62 bits per heavy atom. The first kappa shape index (κ1) is 22.6. The van der Waals surface area contributed by atoms with Crippen LogP contribution < -0.4 is 15.0 Å². The largest absolute Gasteiger partial charge is 0.480 e. The Hall–Kier alpha value is -3.14. The van der Waals surface area contributed by atoms with Crippen molar-refractivity contribution in [3.8, 4) is 5.88 Å². The number of rotatable bonds is 6. The predicted molar refractivity (Wildman–Crippen MR) is 122 cm³/mol. The summed E-state index contributed by atoms with van der Waals surface area (Å²) in [6.07, 6.45) is -1.86. The molecule has 34 heavy (non-hydrogen) atoms. The maximum absolute atomic E-state index is 14.7. The second-order valence-electron chi connectivity index (χ2n) is 9.13. The molecule has 1 atom stereocenters. The van der Waals surface area contributed by atoms with Gasteiger partial charge in [-0.25, -0.2) is 18.2 Å². The van der Waals surface area contributed by atoms with Crippen molar-refractivity contribution in [1.82, 2.24) is 15.2 Å². The topological polar surface area (TPSA) is 72.4 Å². The highest BCUT2D eigenvalue weighted by atomic mass is 19.3. The number of nitrogens with one attached hydrogen (secondary N) is 1. The zero-order valence-corrected chi connectivity index (χ0v) is 19.2. The van der Waals surface area contributed by atoms with E-state index in [9.17, 15) is 13.2 Å². The second kappa shape index (κ2) is 8.57. The summed E-state index contributed by atoms with van der Waals surface area (Å²) in [5, 5.41) is 12.3. The lowest BCUT2D eigenvalue weighted by Gasteiger charge is -2.37. The van der Waals surface area contributed by atoms with Crippen LogP contribution in [0.2, 0.25) is 0 Å². The van der Waals surface area contributed by atoms with Crippen LogP contribution >= 0.6 is 0 Å². The quantitative estimate of drug-likeness (QED) is 0.550. The van der Waals surface area contributed by atoms with Crippen molar-refractivity contribution in [2.75, 3.05) is 43.6 Å². The molecule has 0 aliphatic carbocycles. The molecule has 2 aliphatic rings. The molecule has 4 heterocycles. The summed E-state index contributed by atoms with van der Waals surface area (Å²) < 4.78 is 52.2. The summed E-state index contributed by atoms with van der Waals surface area (Å²) in [6, 6.07) is 5.33. The van der Waals surface area contributed by atoms with Crippen molar-refractivity contribution in [3.63, 3.8) is 0 Å². The monoisotopic (exact) mass is 473 g/mol. The van der Waals surface area contributed by atoms with Crippen LogP contribution in [0.1, 0.15) is 42.6 Å². The normalized spacial score (nSPS) is 17.9. The zero-order chi connectivity index (χ0) is 24.0. The minimum absolute atomic E-state index is 0.126. The first-order chi connectivity index (χ1) is 16.3. The molecule has 2 fully saturated rings. The van der Waals surface area contributed by atoms with Gasteiger partial charge in [-0.15, -0.1) is 5.10 Å². The standard InChI is InChI=1S/C24H26F3N5O2/c1-13(15-5-4-6-16(19(15)25)21(26)27)28-22-17-9-18(32-8-7-24(10-32)11-34-12-24)23(33-3)29-20(17)14(2)30-31-22/h4-6,9,13,21H,7-8,10-12H2,1-3H3,(H,28,31)/t13-/m1/s1. The highest BCUT2D eigenvalue weighted by Gasteiger charge is 2.45. The molecule has 0 unspecified atom stereocenters. The first-order valence-corrected chi connectivity index (χ1v) is 11.2. The average molecular weight is 473 g/mol. The van der Waals surface area contributed by atoms with Crippen LogP contribution in [0.25, 0.3) is 10.9 Å². The Morgan fingerprint density at radius 2 is 1.97 bits per heavy atom. The number of hydrogen-bond acceptors (Lipinski definition) is 7. The molecule has 10 heteroatoms. The Kier molecular flexibility index (Phi) is 5.71. The van der Waals surface area contributed by atoms with E-state index in [0.29, 0.717) is 28.3 Å². The summed E-state index contributed by atoms with van der Waals surface area (Å²) in [5.74, 6) is -0.0322. The third kappa shape index (κ3) is 3.79. The van der Waals surface area contributed by atoms with Crippen LogP contribution in [0.5, 0.6) is 5.88 Å². The van der Waals surface area contributed by atoms with E-state index >= 15 is 0 Å². The van der Waals surface area contributed by atoms with Crippen molar-refractivity contribution in [2.45, 2.75) is 32.7 Å². The number of anilines is 2. The minimum Gasteiger partial charge on any atom is -0.480 e. The molecule has 0 radical (unpaired) electrons. The van der Waals surface area contributed by atoms with Crippen molar-refractivity contribution >= 4 is 22.4 Å². The molecule has 0 bridgehead atoms. The lowest BCUT2D eigenvalue weighted by molar-refractivity contribution is -0.0985. The van der Waals surface area contributed by atoms with Gasteiger partial charge in [0.05, 0.1) is 37.6 Å². The van der Waals surface area contributed by atoms with E-state index in [1.54, 1.807) is 21.0 Å². The molecule has 2 saturated heterocycles. The number of nitrogens with zero attached hydrogens (tertiary/aromatic N) is 4. The first-order valence-electron chi connectivity index (χ1n) is 11.2. The van der Waals surface area contributed by atoms with Gasteiger partial charge in [-0.05, 0) is 26.3 Å². The van der Waals surface area contributed by atoms with Crippen molar-refractivity contribution in [3.05, 3.63) is 46.9 Å². The number of benzene rings is 1. The Morgan fingerprint density at radius 1 is 1.21 bits per heavy atom. The Bertz CT molecular complexity index is 1230. The highest BCUT2D eigenvalue weighted by Crippen LogP contribution is 2.43. The van der Waals surface area contributed by atoms with E-state index in [0.717, 1.165) is 44.5 Å². The van der Waals surface area contributed by atoms with Crippen LogP contribution in [0.4, 0.5) is 24.7 Å². The van der Waals surface area contributed by atoms with Gasteiger partial charge in [0.25, 0.3) is 6.43 Å². The van der Waals surface area contributed by atoms with Gasteiger partial charge < -0.3 is 19.7 Å². The fourth-order valence-electron chi connectivity index (χ4n) is 4.77. The Balaban J connectivity index is 1.53. The average Bonchev–Trinajstić information content (AvgIpc) is 3.26. The maximum Gasteiger partial charge on any atom is 0.266 e. The maximum atomic E-state index is 14.7. The molecule has 1 N–H and O–H groups in total. The van der Waals surface area contributed by atoms with Gasteiger partial charge in [0.2, 0.25) is 5.88 Å². The van der Waals surface area contributed by atoms with Crippen molar-refractivity contribution in [1.29, 1.82) is 0 Å². The summed E-state index contributed by atoms with van der Waals surface area (Å²) in [6.45, 7) is 6.71. The smallest absolute Gasteiger partial charge is 0.266 e. The van der Waals surface area contributed by atoms with Crippen LogP contribution in [0.3, 0.4) is 0 Å². The summed E-state index contributed by atoms with van der Waals surface area (Å²) in [7, 11) is 1.58. The van der Waals surface area contributed by atoms with Gasteiger partial charge >= 0.3 is 0 Å². The zero-order valence-electron chi connectivity index (χ0n) is 19.2. The molecular formula is C24H26F3N5O2. The highest BCUT2D eigenvalue weighted by molar-refractivity contribution is 5.93. The minimum atomic E-state index is -2.89. The van der Waals surface area contributed by atoms with E-state index in [2.05, 4.69) is 20.4 Å². The number of pyridine rings is 1. The molecule has 0 saturated carbocycles. The van der Waals surface area contributed by atoms with Crippen LogP contribution in [0.15, 0.2) is 24.3 Å². The molecule has 2 aromatic heterocycles. The fraction of sp³-hybridized carbons (Fsp3) is 0.458. The molecule has 3 aromatic rings. The van der Waals surface area contributed by atoms with Crippen molar-refractivity contribution < 1.29 is 22.6 Å². The van der Waals surface area contributed by atoms with Gasteiger partial charge in [-0.1, -0.05) is 18.2 Å². The van der Waals surface area contributed by atoms with Crippen LogP contribution in [-0.4, -0.2) is 48.6 Å². The lowest BCUT2D eigenvalue weighted by atomic mass is 9.85. The van der Waals surface area contributed by atoms with Gasteiger partial charge in [-0.2, -0.15) is 5.10 Å². The molecule has 180 valence electrons.